The van der Waals surface area contributed by atoms with Crippen LogP contribution in [-0.4, -0.2) is 36.3 Å². The summed E-state index contributed by atoms with van der Waals surface area (Å²) in [7, 11) is 0. The molecule has 0 bridgehead atoms. The summed E-state index contributed by atoms with van der Waals surface area (Å²) < 4.78 is 10.7. The molecule has 4 heteroatoms. The summed E-state index contributed by atoms with van der Waals surface area (Å²) in [5.41, 5.74) is 0. The smallest absolute Gasteiger partial charge is 0.129 e. The van der Waals surface area contributed by atoms with Crippen LogP contribution in [0.2, 0.25) is 0 Å². The van der Waals surface area contributed by atoms with E-state index < -0.39 is 0 Å². The van der Waals surface area contributed by atoms with E-state index >= 15 is 0 Å². The van der Waals surface area contributed by atoms with E-state index in [1.165, 1.54) is 0 Å². The molecule has 2 heterocycles. The Labute approximate surface area is 83.1 Å². The fraction of sp³-hybridized carbons (Fsp3) is 0.600. The summed E-state index contributed by atoms with van der Waals surface area (Å²) >= 11 is 0. The maximum absolute atomic E-state index is 8.83. The minimum absolute atomic E-state index is 0.0247. The zero-order valence-corrected chi connectivity index (χ0v) is 8.11. The van der Waals surface area contributed by atoms with Crippen LogP contribution in [0.25, 0.3) is 0 Å². The average Bonchev–Trinajstić information content (AvgIpc) is 2.67. The number of furan rings is 1. The van der Waals surface area contributed by atoms with Gasteiger partial charge in [-0.3, -0.25) is 4.90 Å². The molecule has 1 N–H and O–H groups in total. The van der Waals surface area contributed by atoms with Crippen molar-refractivity contribution in [3.8, 4) is 0 Å². The van der Waals surface area contributed by atoms with Crippen LogP contribution in [0.15, 0.2) is 16.5 Å². The van der Waals surface area contributed by atoms with Crippen molar-refractivity contribution < 1.29 is 14.3 Å². The van der Waals surface area contributed by atoms with Gasteiger partial charge in [-0.05, 0) is 12.1 Å². The predicted octanol–water partition coefficient (Wildman–Crippen LogP) is 0.604. The molecule has 2 rings (SSSR count). The normalized spacial score (nSPS) is 18.6. The summed E-state index contributed by atoms with van der Waals surface area (Å²) in [4.78, 5) is 2.28. The molecule has 1 fully saturated rings. The summed E-state index contributed by atoms with van der Waals surface area (Å²) in [6.45, 7) is 4.29. The second-order valence-corrected chi connectivity index (χ2v) is 3.41. The Morgan fingerprint density at radius 1 is 1.21 bits per heavy atom. The third-order valence-corrected chi connectivity index (χ3v) is 2.36. The first-order valence-electron chi connectivity index (χ1n) is 4.87. The first-order valence-corrected chi connectivity index (χ1v) is 4.87. The van der Waals surface area contributed by atoms with E-state index in [-0.39, 0.29) is 6.61 Å². The van der Waals surface area contributed by atoms with Gasteiger partial charge < -0.3 is 14.3 Å². The van der Waals surface area contributed by atoms with Crippen molar-refractivity contribution in [1.82, 2.24) is 4.90 Å². The SMILES string of the molecule is OCc1ccc(CN2CCOCC2)o1. The summed E-state index contributed by atoms with van der Waals surface area (Å²) in [5, 5.41) is 8.83. The first-order chi connectivity index (χ1) is 6.88. The van der Waals surface area contributed by atoms with Gasteiger partial charge in [0.05, 0.1) is 19.8 Å². The number of rotatable bonds is 3. The van der Waals surface area contributed by atoms with Gasteiger partial charge >= 0.3 is 0 Å². The Balaban J connectivity index is 1.89. The van der Waals surface area contributed by atoms with Crippen molar-refractivity contribution in [2.45, 2.75) is 13.2 Å². The van der Waals surface area contributed by atoms with Gasteiger partial charge in [0.25, 0.3) is 0 Å². The molecule has 1 aromatic rings. The molecule has 1 aliphatic rings. The molecular weight excluding hydrogens is 182 g/mol. The Hall–Kier alpha value is -0.840. The molecule has 1 saturated heterocycles. The van der Waals surface area contributed by atoms with E-state index in [4.69, 9.17) is 14.3 Å². The second kappa shape index (κ2) is 4.59. The van der Waals surface area contributed by atoms with Crippen molar-refractivity contribution in [1.29, 1.82) is 0 Å². The van der Waals surface area contributed by atoms with Crippen LogP contribution >= 0.6 is 0 Å². The minimum Gasteiger partial charge on any atom is -0.462 e. The fourth-order valence-electron chi connectivity index (χ4n) is 1.57. The monoisotopic (exact) mass is 197 g/mol. The van der Waals surface area contributed by atoms with Crippen LogP contribution in [0.3, 0.4) is 0 Å². The van der Waals surface area contributed by atoms with Gasteiger partial charge in [-0.15, -0.1) is 0 Å². The van der Waals surface area contributed by atoms with Crippen molar-refractivity contribution in [2.24, 2.45) is 0 Å². The van der Waals surface area contributed by atoms with Gasteiger partial charge in [-0.25, -0.2) is 0 Å². The molecular formula is C10H15NO3. The maximum atomic E-state index is 8.83. The minimum atomic E-state index is -0.0247. The first kappa shape index (κ1) is 9.71. The lowest BCUT2D eigenvalue weighted by molar-refractivity contribution is 0.0310. The van der Waals surface area contributed by atoms with Crippen LogP contribution in [0.1, 0.15) is 11.5 Å². The third kappa shape index (κ3) is 2.35. The quantitative estimate of drug-likeness (QED) is 0.771. The number of aliphatic hydroxyl groups excluding tert-OH is 1. The van der Waals surface area contributed by atoms with E-state index in [1.54, 1.807) is 0 Å². The van der Waals surface area contributed by atoms with Crippen molar-refractivity contribution >= 4 is 0 Å². The zero-order chi connectivity index (χ0) is 9.80. The lowest BCUT2D eigenvalue weighted by Crippen LogP contribution is -2.35. The highest BCUT2D eigenvalue weighted by Gasteiger charge is 2.12. The van der Waals surface area contributed by atoms with Crippen molar-refractivity contribution in [2.75, 3.05) is 26.3 Å². The molecule has 0 aromatic carbocycles. The molecule has 14 heavy (non-hydrogen) atoms. The fourth-order valence-corrected chi connectivity index (χ4v) is 1.57. The lowest BCUT2D eigenvalue weighted by Gasteiger charge is -2.25. The van der Waals surface area contributed by atoms with Crippen LogP contribution in [-0.2, 0) is 17.9 Å². The number of morpholine rings is 1. The average molecular weight is 197 g/mol. The van der Waals surface area contributed by atoms with Crippen LogP contribution in [0.5, 0.6) is 0 Å². The zero-order valence-electron chi connectivity index (χ0n) is 8.11. The Kier molecular flexibility index (Phi) is 3.18. The molecule has 78 valence electrons. The molecule has 0 radical (unpaired) electrons. The molecule has 0 atom stereocenters. The Morgan fingerprint density at radius 2 is 1.93 bits per heavy atom. The van der Waals surface area contributed by atoms with Gasteiger partial charge in [0.2, 0.25) is 0 Å². The molecule has 0 saturated carbocycles. The highest BCUT2D eigenvalue weighted by atomic mass is 16.5. The topological polar surface area (TPSA) is 45.8 Å². The molecule has 0 amide bonds. The lowest BCUT2D eigenvalue weighted by atomic mass is 10.3. The largest absolute Gasteiger partial charge is 0.462 e. The highest BCUT2D eigenvalue weighted by Crippen LogP contribution is 2.11. The molecule has 1 aromatic heterocycles. The number of nitrogens with zero attached hydrogens (tertiary/aromatic N) is 1. The highest BCUT2D eigenvalue weighted by molar-refractivity contribution is 5.06. The number of aliphatic hydroxyl groups is 1. The number of hydrogen-bond acceptors (Lipinski definition) is 4. The van der Waals surface area contributed by atoms with E-state index in [1.807, 2.05) is 12.1 Å². The summed E-state index contributed by atoms with van der Waals surface area (Å²) in [5.74, 6) is 1.55. The van der Waals surface area contributed by atoms with Gasteiger partial charge in [0.1, 0.15) is 18.1 Å². The van der Waals surface area contributed by atoms with Gasteiger partial charge in [0.15, 0.2) is 0 Å². The van der Waals surface area contributed by atoms with Gasteiger partial charge in [-0.2, -0.15) is 0 Å². The van der Waals surface area contributed by atoms with Crippen LogP contribution in [0.4, 0.5) is 0 Å². The Bertz CT molecular complexity index is 279. The van der Waals surface area contributed by atoms with Gasteiger partial charge in [-0.1, -0.05) is 0 Å². The Morgan fingerprint density at radius 3 is 2.57 bits per heavy atom. The molecule has 1 aliphatic heterocycles. The van der Waals surface area contributed by atoms with Crippen molar-refractivity contribution in [3.63, 3.8) is 0 Å². The van der Waals surface area contributed by atoms with Gasteiger partial charge in [0, 0.05) is 13.1 Å². The molecule has 4 nitrogen and oxygen atoms in total. The van der Waals surface area contributed by atoms with Crippen molar-refractivity contribution in [3.05, 3.63) is 23.7 Å². The molecule has 0 aliphatic carbocycles. The van der Waals surface area contributed by atoms with E-state index in [9.17, 15) is 0 Å². The maximum Gasteiger partial charge on any atom is 0.129 e. The van der Waals surface area contributed by atoms with E-state index in [0.717, 1.165) is 38.6 Å². The summed E-state index contributed by atoms with van der Waals surface area (Å²) in [6.07, 6.45) is 0. The van der Waals surface area contributed by atoms with Crippen LogP contribution < -0.4 is 0 Å². The van der Waals surface area contributed by atoms with Crippen LogP contribution in [0, 0.1) is 0 Å². The number of ether oxygens (including phenoxy) is 1. The predicted molar refractivity (Wildman–Crippen MR) is 50.7 cm³/mol. The molecule has 0 spiro atoms. The second-order valence-electron chi connectivity index (χ2n) is 3.41. The summed E-state index contributed by atoms with van der Waals surface area (Å²) in [6, 6.07) is 3.73. The number of hydrogen-bond donors (Lipinski definition) is 1. The van der Waals surface area contributed by atoms with E-state index in [2.05, 4.69) is 4.90 Å². The van der Waals surface area contributed by atoms with E-state index in [0.29, 0.717) is 5.76 Å². The third-order valence-electron chi connectivity index (χ3n) is 2.36. The standard InChI is InChI=1S/C10H15NO3/c12-8-10-2-1-9(14-10)7-11-3-5-13-6-4-11/h1-2,12H,3-8H2. The molecule has 0 unspecified atom stereocenters.